The van der Waals surface area contributed by atoms with Crippen molar-refractivity contribution in [1.82, 2.24) is 20.6 Å². The number of carbonyl (C=O) groups excluding carboxylic acids is 1. The Hall–Kier alpha value is -1.36. The summed E-state index contributed by atoms with van der Waals surface area (Å²) < 4.78 is 0. The maximum Gasteiger partial charge on any atom is 0.237 e. The van der Waals surface area contributed by atoms with Gasteiger partial charge in [0.1, 0.15) is 5.82 Å². The van der Waals surface area contributed by atoms with Gasteiger partial charge in [-0.1, -0.05) is 19.8 Å². The molecule has 5 heteroatoms. The van der Waals surface area contributed by atoms with Gasteiger partial charge < -0.3 is 15.6 Å². The fourth-order valence-corrected chi connectivity index (χ4v) is 3.63. The zero-order chi connectivity index (χ0) is 13.9. The molecule has 0 radical (unpaired) electrons. The quantitative estimate of drug-likeness (QED) is 0.786. The number of nitrogens with zero attached hydrogens (tertiary/aromatic N) is 1. The summed E-state index contributed by atoms with van der Waals surface area (Å²) >= 11 is 0. The van der Waals surface area contributed by atoms with Crippen LogP contribution in [0.3, 0.4) is 0 Å². The monoisotopic (exact) mass is 276 g/mol. The zero-order valence-corrected chi connectivity index (χ0v) is 12.1. The van der Waals surface area contributed by atoms with Crippen molar-refractivity contribution in [3.8, 4) is 0 Å². The molecule has 4 unspecified atom stereocenters. The highest BCUT2D eigenvalue weighted by Crippen LogP contribution is 2.33. The van der Waals surface area contributed by atoms with Crippen LogP contribution < -0.4 is 10.6 Å². The molecule has 2 heterocycles. The van der Waals surface area contributed by atoms with Crippen molar-refractivity contribution in [2.24, 2.45) is 5.92 Å². The second-order valence-corrected chi connectivity index (χ2v) is 6.05. The van der Waals surface area contributed by atoms with Crippen LogP contribution in [0.25, 0.3) is 0 Å². The summed E-state index contributed by atoms with van der Waals surface area (Å²) in [7, 11) is 0. The molecule has 20 heavy (non-hydrogen) atoms. The van der Waals surface area contributed by atoms with Gasteiger partial charge in [-0.3, -0.25) is 4.79 Å². The molecule has 1 aromatic rings. The Morgan fingerprint density at radius 3 is 3.05 bits per heavy atom. The van der Waals surface area contributed by atoms with E-state index in [4.69, 9.17) is 0 Å². The fraction of sp³-hybridized carbons (Fsp3) is 0.733. The molecule has 110 valence electrons. The third-order valence-corrected chi connectivity index (χ3v) is 4.75. The Morgan fingerprint density at radius 2 is 2.35 bits per heavy atom. The standard InChI is InChI=1S/C15H24N4O/c1-2-11(14-16-7-8-17-14)19-15(20)13-9-10-5-3-4-6-12(10)18-13/h7-8,10-13,18H,2-6,9H2,1H3,(H,16,17)(H,19,20). The summed E-state index contributed by atoms with van der Waals surface area (Å²) in [6.07, 6.45) is 10.5. The maximum absolute atomic E-state index is 12.4. The SMILES string of the molecule is CCC(NC(=O)C1CC2CCCCC2N1)c1ncc[nH]1. The molecular weight excluding hydrogens is 252 g/mol. The maximum atomic E-state index is 12.4. The van der Waals surface area contributed by atoms with Gasteiger partial charge in [0.15, 0.2) is 0 Å². The van der Waals surface area contributed by atoms with Crippen LogP contribution in [0.2, 0.25) is 0 Å². The van der Waals surface area contributed by atoms with E-state index in [2.05, 4.69) is 27.5 Å². The van der Waals surface area contributed by atoms with E-state index in [1.54, 1.807) is 12.4 Å². The second-order valence-electron chi connectivity index (χ2n) is 6.05. The minimum absolute atomic E-state index is 0.0121. The molecule has 0 aromatic carbocycles. The first kappa shape index (κ1) is 13.6. The molecule has 2 aliphatic rings. The van der Waals surface area contributed by atoms with Crippen LogP contribution in [-0.2, 0) is 4.79 Å². The Bertz CT molecular complexity index is 431. The minimum Gasteiger partial charge on any atom is -0.347 e. The number of nitrogens with one attached hydrogen (secondary N) is 3. The van der Waals surface area contributed by atoms with Crippen LogP contribution in [0.5, 0.6) is 0 Å². The number of aromatic nitrogens is 2. The molecule has 1 saturated carbocycles. The summed E-state index contributed by atoms with van der Waals surface area (Å²) in [6.45, 7) is 2.06. The smallest absolute Gasteiger partial charge is 0.237 e. The van der Waals surface area contributed by atoms with Gasteiger partial charge in [0, 0.05) is 18.4 Å². The van der Waals surface area contributed by atoms with E-state index in [0.717, 1.165) is 18.7 Å². The van der Waals surface area contributed by atoms with Crippen LogP contribution in [0.15, 0.2) is 12.4 Å². The molecule has 1 aliphatic heterocycles. The third kappa shape index (κ3) is 2.73. The van der Waals surface area contributed by atoms with Gasteiger partial charge >= 0.3 is 0 Å². The predicted octanol–water partition coefficient (Wildman–Crippen LogP) is 1.90. The van der Waals surface area contributed by atoms with Crippen molar-refractivity contribution in [3.63, 3.8) is 0 Å². The zero-order valence-electron chi connectivity index (χ0n) is 12.1. The van der Waals surface area contributed by atoms with E-state index in [0.29, 0.717) is 12.0 Å². The Labute approximate surface area is 119 Å². The van der Waals surface area contributed by atoms with Crippen molar-refractivity contribution < 1.29 is 4.79 Å². The molecule has 5 nitrogen and oxygen atoms in total. The van der Waals surface area contributed by atoms with Gasteiger partial charge in [-0.2, -0.15) is 0 Å². The molecule has 1 aliphatic carbocycles. The lowest BCUT2D eigenvalue weighted by molar-refractivity contribution is -0.123. The lowest BCUT2D eigenvalue weighted by Gasteiger charge is -2.24. The van der Waals surface area contributed by atoms with E-state index in [9.17, 15) is 4.79 Å². The number of carbonyl (C=O) groups is 1. The van der Waals surface area contributed by atoms with E-state index >= 15 is 0 Å². The van der Waals surface area contributed by atoms with Crippen molar-refractivity contribution in [3.05, 3.63) is 18.2 Å². The van der Waals surface area contributed by atoms with E-state index in [1.165, 1.54) is 25.7 Å². The summed E-state index contributed by atoms with van der Waals surface area (Å²) in [6, 6.07) is 0.525. The number of imidazole rings is 1. The Morgan fingerprint density at radius 1 is 1.50 bits per heavy atom. The number of aromatic amines is 1. The summed E-state index contributed by atoms with van der Waals surface area (Å²) in [5, 5.41) is 6.65. The van der Waals surface area contributed by atoms with Gasteiger partial charge in [0.2, 0.25) is 5.91 Å². The normalized spacial score (nSPS) is 30.8. The molecule has 1 aromatic heterocycles. The highest BCUT2D eigenvalue weighted by atomic mass is 16.2. The lowest BCUT2D eigenvalue weighted by Crippen LogP contribution is -2.44. The van der Waals surface area contributed by atoms with Crippen LogP contribution in [-0.4, -0.2) is 28.0 Å². The highest BCUT2D eigenvalue weighted by molar-refractivity contribution is 5.82. The van der Waals surface area contributed by atoms with Crippen LogP contribution >= 0.6 is 0 Å². The number of H-pyrrole nitrogens is 1. The second kappa shape index (κ2) is 5.95. The van der Waals surface area contributed by atoms with Gasteiger partial charge in [-0.15, -0.1) is 0 Å². The average molecular weight is 276 g/mol. The molecule has 2 fully saturated rings. The van der Waals surface area contributed by atoms with Crippen LogP contribution in [0, 0.1) is 5.92 Å². The number of amides is 1. The molecular formula is C15H24N4O. The van der Waals surface area contributed by atoms with Gasteiger partial charge in [0.05, 0.1) is 12.1 Å². The largest absolute Gasteiger partial charge is 0.347 e. The lowest BCUT2D eigenvalue weighted by atomic mass is 9.85. The first-order chi connectivity index (χ1) is 9.78. The van der Waals surface area contributed by atoms with Gasteiger partial charge in [-0.05, 0) is 31.6 Å². The number of hydrogen-bond donors (Lipinski definition) is 3. The van der Waals surface area contributed by atoms with Gasteiger partial charge in [-0.25, -0.2) is 4.98 Å². The van der Waals surface area contributed by atoms with E-state index < -0.39 is 0 Å². The predicted molar refractivity (Wildman–Crippen MR) is 77.0 cm³/mol. The number of hydrogen-bond acceptors (Lipinski definition) is 3. The summed E-state index contributed by atoms with van der Waals surface area (Å²) in [5.74, 6) is 1.67. The number of fused-ring (bicyclic) bond motifs is 1. The van der Waals surface area contributed by atoms with Crippen molar-refractivity contribution in [2.75, 3.05) is 0 Å². The molecule has 3 rings (SSSR count). The van der Waals surface area contributed by atoms with E-state index in [1.807, 2.05) is 0 Å². The first-order valence-electron chi connectivity index (χ1n) is 7.83. The summed E-state index contributed by atoms with van der Waals surface area (Å²) in [4.78, 5) is 19.8. The molecule has 4 atom stereocenters. The first-order valence-corrected chi connectivity index (χ1v) is 7.83. The number of rotatable bonds is 4. The molecule has 0 spiro atoms. The Balaban J connectivity index is 1.59. The van der Waals surface area contributed by atoms with Crippen molar-refractivity contribution >= 4 is 5.91 Å². The summed E-state index contributed by atoms with van der Waals surface area (Å²) in [5.41, 5.74) is 0. The van der Waals surface area contributed by atoms with Gasteiger partial charge in [0.25, 0.3) is 0 Å². The average Bonchev–Trinajstić information content (AvgIpc) is 3.13. The fourth-order valence-electron chi connectivity index (χ4n) is 3.63. The Kier molecular flexibility index (Phi) is 4.05. The topological polar surface area (TPSA) is 69.8 Å². The minimum atomic E-state index is -0.0212. The van der Waals surface area contributed by atoms with Crippen molar-refractivity contribution in [1.29, 1.82) is 0 Å². The van der Waals surface area contributed by atoms with E-state index in [-0.39, 0.29) is 18.0 Å². The highest BCUT2D eigenvalue weighted by Gasteiger charge is 2.38. The molecule has 3 N–H and O–H groups in total. The van der Waals surface area contributed by atoms with Crippen molar-refractivity contribution in [2.45, 2.75) is 63.6 Å². The molecule has 1 amide bonds. The van der Waals surface area contributed by atoms with Crippen LogP contribution in [0.1, 0.15) is 57.3 Å². The third-order valence-electron chi connectivity index (χ3n) is 4.75. The van der Waals surface area contributed by atoms with Crippen LogP contribution in [0.4, 0.5) is 0 Å². The molecule has 1 saturated heterocycles. The molecule has 0 bridgehead atoms.